The van der Waals surface area contributed by atoms with Gasteiger partial charge in [0.1, 0.15) is 11.9 Å². The van der Waals surface area contributed by atoms with Crippen LogP contribution in [0.5, 0.6) is 0 Å². The number of anilines is 1. The standard InChI is InChI=1S/C16H20N4O2.2ClH/c21-16(12-3-1-7-17-12)18-10-5-6-11-13(9-10)20-15(19-11)14-4-2-8-22-14;;/h5-6,9,12,14,17H,1-4,7-8H2,(H,18,21)(H,19,20);2*1H. The number of benzene rings is 1. The molecule has 132 valence electrons. The molecule has 1 aromatic heterocycles. The largest absolute Gasteiger partial charge is 0.370 e. The van der Waals surface area contributed by atoms with Crippen LogP contribution in [-0.2, 0) is 9.53 Å². The number of aromatic nitrogens is 2. The van der Waals surface area contributed by atoms with Gasteiger partial charge in [-0.25, -0.2) is 4.98 Å². The van der Waals surface area contributed by atoms with Crippen molar-refractivity contribution in [3.8, 4) is 0 Å². The maximum atomic E-state index is 12.1. The van der Waals surface area contributed by atoms with E-state index in [1.807, 2.05) is 18.2 Å². The minimum absolute atomic E-state index is 0. The van der Waals surface area contributed by atoms with Gasteiger partial charge < -0.3 is 20.4 Å². The molecule has 3 N–H and O–H groups in total. The molecule has 8 heteroatoms. The van der Waals surface area contributed by atoms with E-state index in [4.69, 9.17) is 4.74 Å². The number of nitrogens with one attached hydrogen (secondary N) is 3. The Kier molecular flexibility index (Phi) is 6.46. The third-order valence-corrected chi connectivity index (χ3v) is 4.38. The lowest BCUT2D eigenvalue weighted by molar-refractivity contribution is -0.117. The number of amides is 1. The maximum Gasteiger partial charge on any atom is 0.241 e. The average molecular weight is 373 g/mol. The number of hydrogen-bond acceptors (Lipinski definition) is 4. The molecule has 0 saturated carbocycles. The fourth-order valence-electron chi connectivity index (χ4n) is 3.19. The fraction of sp³-hybridized carbons (Fsp3) is 0.500. The van der Waals surface area contributed by atoms with E-state index in [-0.39, 0.29) is 42.9 Å². The van der Waals surface area contributed by atoms with E-state index in [0.29, 0.717) is 0 Å². The van der Waals surface area contributed by atoms with Crippen molar-refractivity contribution < 1.29 is 9.53 Å². The first kappa shape index (κ1) is 19.0. The van der Waals surface area contributed by atoms with Gasteiger partial charge in [-0.05, 0) is 50.4 Å². The Morgan fingerprint density at radius 3 is 2.83 bits per heavy atom. The van der Waals surface area contributed by atoms with Gasteiger partial charge in [0.25, 0.3) is 0 Å². The van der Waals surface area contributed by atoms with Crippen LogP contribution in [0.4, 0.5) is 5.69 Å². The van der Waals surface area contributed by atoms with Crippen molar-refractivity contribution in [3.05, 3.63) is 24.0 Å². The molecule has 0 radical (unpaired) electrons. The highest BCUT2D eigenvalue weighted by atomic mass is 35.5. The van der Waals surface area contributed by atoms with Gasteiger partial charge in [-0.3, -0.25) is 4.79 Å². The molecule has 2 saturated heterocycles. The highest BCUT2D eigenvalue weighted by molar-refractivity contribution is 5.96. The molecule has 0 aliphatic carbocycles. The molecule has 1 amide bonds. The Labute approximate surface area is 152 Å². The second-order valence-corrected chi connectivity index (χ2v) is 5.99. The van der Waals surface area contributed by atoms with Crippen molar-refractivity contribution >= 4 is 47.4 Å². The number of ether oxygens (including phenoxy) is 1. The second kappa shape index (κ2) is 8.16. The molecule has 2 atom stereocenters. The molecule has 24 heavy (non-hydrogen) atoms. The SMILES string of the molecule is Cl.Cl.O=C(Nc1ccc2nc(C3CCCO3)[nH]c2c1)C1CCCN1. The molecule has 0 bridgehead atoms. The number of H-pyrrole nitrogens is 1. The highest BCUT2D eigenvalue weighted by Crippen LogP contribution is 2.28. The Morgan fingerprint density at radius 2 is 2.12 bits per heavy atom. The van der Waals surface area contributed by atoms with E-state index < -0.39 is 0 Å². The number of carbonyl (C=O) groups is 1. The zero-order chi connectivity index (χ0) is 14.9. The molecule has 0 spiro atoms. The van der Waals surface area contributed by atoms with Crippen molar-refractivity contribution in [2.24, 2.45) is 0 Å². The van der Waals surface area contributed by atoms with Gasteiger partial charge in [-0.1, -0.05) is 0 Å². The normalized spacial score (nSPS) is 22.8. The van der Waals surface area contributed by atoms with Gasteiger partial charge in [-0.2, -0.15) is 0 Å². The van der Waals surface area contributed by atoms with Crippen molar-refractivity contribution in [1.82, 2.24) is 15.3 Å². The van der Waals surface area contributed by atoms with Crippen LogP contribution < -0.4 is 10.6 Å². The Hall–Kier alpha value is -1.34. The summed E-state index contributed by atoms with van der Waals surface area (Å²) in [6.45, 7) is 1.72. The van der Waals surface area contributed by atoms with Crippen LogP contribution in [0.25, 0.3) is 11.0 Å². The van der Waals surface area contributed by atoms with E-state index in [2.05, 4.69) is 20.6 Å². The summed E-state index contributed by atoms with van der Waals surface area (Å²) in [5.41, 5.74) is 2.64. The molecule has 1 aromatic carbocycles. The van der Waals surface area contributed by atoms with Crippen LogP contribution in [0.3, 0.4) is 0 Å². The van der Waals surface area contributed by atoms with E-state index >= 15 is 0 Å². The van der Waals surface area contributed by atoms with Crippen LogP contribution in [0.1, 0.15) is 37.6 Å². The topological polar surface area (TPSA) is 79.0 Å². The summed E-state index contributed by atoms with van der Waals surface area (Å²) in [6.07, 6.45) is 4.13. The molecule has 2 unspecified atom stereocenters. The summed E-state index contributed by atoms with van der Waals surface area (Å²) >= 11 is 0. The fourth-order valence-corrected chi connectivity index (χ4v) is 3.19. The zero-order valence-corrected chi connectivity index (χ0v) is 14.8. The van der Waals surface area contributed by atoms with Gasteiger partial charge in [0.05, 0.1) is 17.1 Å². The summed E-state index contributed by atoms with van der Waals surface area (Å²) in [5.74, 6) is 0.921. The van der Waals surface area contributed by atoms with Crippen molar-refractivity contribution in [2.75, 3.05) is 18.5 Å². The number of aromatic amines is 1. The molecule has 2 aliphatic heterocycles. The smallest absolute Gasteiger partial charge is 0.241 e. The number of halogens is 2. The minimum atomic E-state index is -0.0695. The van der Waals surface area contributed by atoms with Gasteiger partial charge in [0.2, 0.25) is 5.91 Å². The maximum absolute atomic E-state index is 12.1. The van der Waals surface area contributed by atoms with Crippen LogP contribution in [0.15, 0.2) is 18.2 Å². The molecule has 6 nitrogen and oxygen atoms in total. The summed E-state index contributed by atoms with van der Waals surface area (Å²) in [5, 5.41) is 6.18. The van der Waals surface area contributed by atoms with Gasteiger partial charge >= 0.3 is 0 Å². The number of rotatable bonds is 3. The van der Waals surface area contributed by atoms with Gasteiger partial charge in [0, 0.05) is 12.3 Å². The van der Waals surface area contributed by atoms with E-state index in [1.165, 1.54) is 0 Å². The molecular weight excluding hydrogens is 351 g/mol. The zero-order valence-electron chi connectivity index (χ0n) is 13.2. The lowest BCUT2D eigenvalue weighted by atomic mass is 10.2. The lowest BCUT2D eigenvalue weighted by Gasteiger charge is -2.10. The summed E-state index contributed by atoms with van der Waals surface area (Å²) in [7, 11) is 0. The van der Waals surface area contributed by atoms with Crippen LogP contribution in [0.2, 0.25) is 0 Å². The molecule has 2 aromatic rings. The van der Waals surface area contributed by atoms with Crippen LogP contribution in [0, 0.1) is 0 Å². The van der Waals surface area contributed by atoms with E-state index in [0.717, 1.165) is 61.4 Å². The third kappa shape index (κ3) is 3.83. The molecule has 2 fully saturated rings. The Bertz CT molecular complexity index is 694. The Morgan fingerprint density at radius 1 is 1.25 bits per heavy atom. The number of hydrogen-bond donors (Lipinski definition) is 3. The summed E-state index contributed by atoms with van der Waals surface area (Å²) < 4.78 is 5.66. The van der Waals surface area contributed by atoms with Gasteiger partial charge in [-0.15, -0.1) is 24.8 Å². The van der Waals surface area contributed by atoms with E-state index in [1.54, 1.807) is 0 Å². The first-order valence-electron chi connectivity index (χ1n) is 7.95. The van der Waals surface area contributed by atoms with Crippen molar-refractivity contribution in [2.45, 2.75) is 37.8 Å². The lowest BCUT2D eigenvalue weighted by Crippen LogP contribution is -2.35. The number of carbonyl (C=O) groups excluding carboxylic acids is 1. The first-order valence-corrected chi connectivity index (χ1v) is 7.95. The first-order chi connectivity index (χ1) is 10.8. The average Bonchev–Trinajstić information content (AvgIpc) is 3.26. The molecular formula is C16H22Cl2N4O2. The number of fused-ring (bicyclic) bond motifs is 1. The predicted octanol–water partition coefficient (Wildman–Crippen LogP) is 2.95. The molecule has 4 rings (SSSR count). The summed E-state index contributed by atoms with van der Waals surface area (Å²) in [4.78, 5) is 20.1. The van der Waals surface area contributed by atoms with Gasteiger partial charge in [0.15, 0.2) is 0 Å². The van der Waals surface area contributed by atoms with E-state index in [9.17, 15) is 4.79 Å². The highest BCUT2D eigenvalue weighted by Gasteiger charge is 2.23. The Balaban J connectivity index is 0.00000104. The number of nitrogens with zero attached hydrogens (tertiary/aromatic N) is 1. The minimum Gasteiger partial charge on any atom is -0.370 e. The summed E-state index contributed by atoms with van der Waals surface area (Å²) in [6, 6.07) is 5.70. The monoisotopic (exact) mass is 372 g/mol. The number of imidazole rings is 1. The predicted molar refractivity (Wildman–Crippen MR) is 98.2 cm³/mol. The second-order valence-electron chi connectivity index (χ2n) is 5.99. The van der Waals surface area contributed by atoms with Crippen LogP contribution >= 0.6 is 24.8 Å². The molecule has 3 heterocycles. The van der Waals surface area contributed by atoms with Crippen LogP contribution in [-0.4, -0.2) is 35.1 Å². The quantitative estimate of drug-likeness (QED) is 0.773. The van der Waals surface area contributed by atoms with Crippen molar-refractivity contribution in [3.63, 3.8) is 0 Å². The third-order valence-electron chi connectivity index (χ3n) is 4.38. The molecule has 2 aliphatic rings. The van der Waals surface area contributed by atoms with Crippen molar-refractivity contribution in [1.29, 1.82) is 0 Å².